The molecule has 0 aromatic heterocycles. The lowest BCUT2D eigenvalue weighted by Gasteiger charge is -2.32. The van der Waals surface area contributed by atoms with E-state index in [-0.39, 0.29) is 23.0 Å². The molecule has 7 heteroatoms. The maximum atomic E-state index is 12.5. The second-order valence-corrected chi connectivity index (χ2v) is 12.3. The second-order valence-electron chi connectivity index (χ2n) is 10.0. The molecule has 0 spiro atoms. The van der Waals surface area contributed by atoms with Crippen LogP contribution in [0.2, 0.25) is 0 Å². The molecule has 0 aliphatic carbocycles. The number of nitrogens with zero attached hydrogens (tertiary/aromatic N) is 2. The number of rotatable bonds is 10. The highest BCUT2D eigenvalue weighted by molar-refractivity contribution is 7.91. The first kappa shape index (κ1) is 26.9. The van der Waals surface area contributed by atoms with Crippen molar-refractivity contribution in [1.29, 1.82) is 0 Å². The molecule has 0 bridgehead atoms. The SMILES string of the molecule is CCS(=O)(=O)c1ccc(CC(=O)Nc2ccc(CCN3CCCc4ccc(CN(C)C)cc43)cc2)cc1. The van der Waals surface area contributed by atoms with Crippen molar-refractivity contribution in [2.75, 3.05) is 43.2 Å². The quantitative estimate of drug-likeness (QED) is 0.420. The molecule has 196 valence electrons. The lowest BCUT2D eigenvalue weighted by molar-refractivity contribution is -0.115. The number of nitrogens with one attached hydrogen (secondary N) is 1. The van der Waals surface area contributed by atoms with Crippen LogP contribution in [0.15, 0.2) is 71.6 Å². The zero-order valence-corrected chi connectivity index (χ0v) is 22.9. The van der Waals surface area contributed by atoms with E-state index < -0.39 is 9.84 Å². The molecule has 0 saturated heterocycles. The summed E-state index contributed by atoms with van der Waals surface area (Å²) in [4.78, 5) is 17.5. The van der Waals surface area contributed by atoms with Gasteiger partial charge in [-0.2, -0.15) is 0 Å². The van der Waals surface area contributed by atoms with Crippen molar-refractivity contribution in [3.05, 3.63) is 89.0 Å². The van der Waals surface area contributed by atoms with E-state index in [2.05, 4.69) is 59.5 Å². The van der Waals surface area contributed by atoms with Crippen LogP contribution in [0.5, 0.6) is 0 Å². The Hall–Kier alpha value is -3.16. The van der Waals surface area contributed by atoms with Crippen molar-refractivity contribution in [3.63, 3.8) is 0 Å². The number of benzene rings is 3. The molecular formula is C30H37N3O3S. The molecule has 0 saturated carbocycles. The maximum absolute atomic E-state index is 12.5. The van der Waals surface area contributed by atoms with Crippen LogP contribution < -0.4 is 10.2 Å². The van der Waals surface area contributed by atoms with Crippen LogP contribution in [0.3, 0.4) is 0 Å². The standard InChI is InChI=1S/C30H37N3O3S/c1-4-37(35,36)28-15-10-24(11-16-28)21-30(34)31-27-13-8-23(9-14-27)17-19-33-18-5-6-26-12-7-25(20-29(26)33)22-32(2)3/h7-16,20H,4-6,17-19,21-22H2,1-3H3,(H,31,34). The van der Waals surface area contributed by atoms with Crippen LogP contribution in [0.4, 0.5) is 11.4 Å². The van der Waals surface area contributed by atoms with Crippen LogP contribution in [0.25, 0.3) is 0 Å². The third kappa shape index (κ3) is 7.21. The van der Waals surface area contributed by atoms with Crippen LogP contribution in [-0.2, 0) is 40.4 Å². The highest BCUT2D eigenvalue weighted by Gasteiger charge is 2.17. The fourth-order valence-electron chi connectivity index (χ4n) is 4.78. The van der Waals surface area contributed by atoms with Crippen molar-refractivity contribution in [2.24, 2.45) is 0 Å². The summed E-state index contributed by atoms with van der Waals surface area (Å²) in [6, 6.07) is 21.5. The Balaban J connectivity index is 1.31. The predicted octanol–water partition coefficient (Wildman–Crippen LogP) is 4.72. The zero-order valence-electron chi connectivity index (χ0n) is 22.0. The first-order valence-electron chi connectivity index (χ1n) is 13.0. The van der Waals surface area contributed by atoms with Gasteiger partial charge in [0.2, 0.25) is 5.91 Å². The molecule has 0 unspecified atom stereocenters. The third-order valence-electron chi connectivity index (χ3n) is 6.80. The van der Waals surface area contributed by atoms with E-state index in [9.17, 15) is 13.2 Å². The van der Waals surface area contributed by atoms with Gasteiger partial charge in [-0.25, -0.2) is 8.42 Å². The van der Waals surface area contributed by atoms with Gasteiger partial charge in [0.1, 0.15) is 0 Å². The van der Waals surface area contributed by atoms with Gasteiger partial charge in [0.05, 0.1) is 17.1 Å². The Bertz CT molecular complexity index is 1320. The molecule has 0 atom stereocenters. The van der Waals surface area contributed by atoms with E-state index in [0.29, 0.717) is 0 Å². The Morgan fingerprint density at radius 1 is 0.946 bits per heavy atom. The van der Waals surface area contributed by atoms with Crippen LogP contribution in [-0.4, -0.2) is 52.2 Å². The number of hydrogen-bond donors (Lipinski definition) is 1. The van der Waals surface area contributed by atoms with E-state index in [0.717, 1.165) is 43.7 Å². The molecule has 6 nitrogen and oxygen atoms in total. The smallest absolute Gasteiger partial charge is 0.228 e. The summed E-state index contributed by atoms with van der Waals surface area (Å²) in [7, 11) is 0.965. The average Bonchev–Trinajstić information content (AvgIpc) is 2.88. The van der Waals surface area contributed by atoms with Crippen molar-refractivity contribution in [1.82, 2.24) is 4.90 Å². The zero-order chi connectivity index (χ0) is 26.4. The molecule has 1 heterocycles. The number of amides is 1. The summed E-state index contributed by atoms with van der Waals surface area (Å²) in [5.74, 6) is -0.0661. The van der Waals surface area contributed by atoms with Crippen LogP contribution in [0.1, 0.15) is 35.6 Å². The highest BCUT2D eigenvalue weighted by atomic mass is 32.2. The minimum atomic E-state index is -3.23. The molecule has 3 aromatic rings. The first-order valence-corrected chi connectivity index (χ1v) is 14.6. The van der Waals surface area contributed by atoms with Crippen LogP contribution in [0, 0.1) is 0 Å². The van der Waals surface area contributed by atoms with Gasteiger partial charge in [-0.15, -0.1) is 0 Å². The summed E-state index contributed by atoms with van der Waals surface area (Å²) in [6.45, 7) is 4.61. The largest absolute Gasteiger partial charge is 0.371 e. The van der Waals surface area contributed by atoms with E-state index in [1.807, 2.05) is 12.1 Å². The number of anilines is 2. The number of hydrogen-bond acceptors (Lipinski definition) is 5. The molecular weight excluding hydrogens is 482 g/mol. The van der Waals surface area contributed by atoms with Crippen molar-refractivity contribution in [2.45, 2.75) is 44.0 Å². The Kier molecular flexibility index (Phi) is 8.67. The van der Waals surface area contributed by atoms with Gasteiger partial charge in [-0.3, -0.25) is 4.79 Å². The third-order valence-corrected chi connectivity index (χ3v) is 8.55. The monoisotopic (exact) mass is 519 g/mol. The van der Waals surface area contributed by atoms with Gasteiger partial charge in [0.15, 0.2) is 9.84 Å². The Labute approximate surface area is 221 Å². The second kappa shape index (κ2) is 11.9. The van der Waals surface area contributed by atoms with Crippen molar-refractivity contribution in [3.8, 4) is 0 Å². The highest BCUT2D eigenvalue weighted by Crippen LogP contribution is 2.29. The number of aryl methyl sites for hydroxylation is 1. The molecule has 4 rings (SSSR count). The van der Waals surface area contributed by atoms with E-state index in [1.54, 1.807) is 31.2 Å². The minimum Gasteiger partial charge on any atom is -0.371 e. The summed E-state index contributed by atoms with van der Waals surface area (Å²) in [5, 5.41) is 2.94. The lowest BCUT2D eigenvalue weighted by atomic mass is 9.98. The summed E-state index contributed by atoms with van der Waals surface area (Å²) in [6.07, 6.45) is 3.46. The molecule has 1 N–H and O–H groups in total. The van der Waals surface area contributed by atoms with Gasteiger partial charge < -0.3 is 15.1 Å². The molecule has 0 fully saturated rings. The minimum absolute atomic E-state index is 0.0614. The van der Waals surface area contributed by atoms with Gasteiger partial charge >= 0.3 is 0 Å². The molecule has 1 aliphatic rings. The molecule has 1 amide bonds. The Morgan fingerprint density at radius 2 is 1.62 bits per heavy atom. The van der Waals surface area contributed by atoms with E-state index >= 15 is 0 Å². The van der Waals surface area contributed by atoms with Gasteiger partial charge in [0.25, 0.3) is 0 Å². The fraction of sp³-hybridized carbons (Fsp3) is 0.367. The first-order chi connectivity index (χ1) is 17.7. The number of sulfone groups is 1. The topological polar surface area (TPSA) is 69.7 Å². The number of fused-ring (bicyclic) bond motifs is 1. The number of carbonyl (C=O) groups excluding carboxylic acids is 1. The fourth-order valence-corrected chi connectivity index (χ4v) is 5.67. The van der Waals surface area contributed by atoms with Gasteiger partial charge in [0, 0.05) is 31.0 Å². The summed E-state index contributed by atoms with van der Waals surface area (Å²) < 4.78 is 23.9. The molecule has 1 aliphatic heterocycles. The van der Waals surface area contributed by atoms with Crippen LogP contribution >= 0.6 is 0 Å². The van der Waals surface area contributed by atoms with Crippen molar-refractivity contribution < 1.29 is 13.2 Å². The van der Waals surface area contributed by atoms with Gasteiger partial charge in [-0.1, -0.05) is 43.3 Å². The lowest BCUT2D eigenvalue weighted by Crippen LogP contribution is -2.31. The Morgan fingerprint density at radius 3 is 2.30 bits per heavy atom. The maximum Gasteiger partial charge on any atom is 0.228 e. The predicted molar refractivity (Wildman–Crippen MR) is 151 cm³/mol. The van der Waals surface area contributed by atoms with E-state index in [4.69, 9.17) is 0 Å². The van der Waals surface area contributed by atoms with Gasteiger partial charge in [-0.05, 0) is 85.9 Å². The molecule has 3 aromatic carbocycles. The molecule has 37 heavy (non-hydrogen) atoms. The van der Waals surface area contributed by atoms with E-state index in [1.165, 1.54) is 28.8 Å². The molecule has 0 radical (unpaired) electrons. The van der Waals surface area contributed by atoms with Crippen molar-refractivity contribution >= 4 is 27.1 Å². The number of carbonyl (C=O) groups is 1. The summed E-state index contributed by atoms with van der Waals surface area (Å²) >= 11 is 0. The summed E-state index contributed by atoms with van der Waals surface area (Å²) in [5.41, 5.74) is 6.93. The average molecular weight is 520 g/mol. The normalized spacial score (nSPS) is 13.5.